The zero-order valence-electron chi connectivity index (χ0n) is 10.4. The van der Waals surface area contributed by atoms with Gasteiger partial charge in [0.15, 0.2) is 0 Å². The minimum absolute atomic E-state index is 0.00868. The molecule has 1 unspecified atom stereocenters. The van der Waals surface area contributed by atoms with Crippen LogP contribution in [0.2, 0.25) is 0 Å². The van der Waals surface area contributed by atoms with Crippen LogP contribution in [-0.2, 0) is 20.6 Å². The van der Waals surface area contributed by atoms with Gasteiger partial charge in [-0.05, 0) is 5.56 Å². The molecule has 0 N–H and O–H groups in total. The van der Waals surface area contributed by atoms with Gasteiger partial charge in [0.25, 0.3) is 0 Å². The van der Waals surface area contributed by atoms with Crippen molar-refractivity contribution in [3.63, 3.8) is 0 Å². The number of hydrogen-bond donors (Lipinski definition) is 0. The van der Waals surface area contributed by atoms with Crippen LogP contribution in [-0.4, -0.2) is 31.6 Å². The normalized spacial score (nSPS) is 22.1. The Morgan fingerprint density at radius 1 is 1.28 bits per heavy atom. The average Bonchev–Trinajstić information content (AvgIpc) is 2.33. The molecule has 0 aromatic heterocycles. The van der Waals surface area contributed by atoms with E-state index in [1.54, 1.807) is 19.1 Å². The third-order valence-electron chi connectivity index (χ3n) is 3.22. The smallest absolute Gasteiger partial charge is 0.218 e. The maximum Gasteiger partial charge on any atom is 0.218 e. The maximum absolute atomic E-state index is 12.2. The van der Waals surface area contributed by atoms with Crippen molar-refractivity contribution in [1.82, 2.24) is 4.31 Å². The second-order valence-corrected chi connectivity index (χ2v) is 6.69. The van der Waals surface area contributed by atoms with E-state index in [0.717, 1.165) is 5.56 Å². The first-order valence-corrected chi connectivity index (χ1v) is 7.64. The Balaban J connectivity index is 2.10. The predicted molar refractivity (Wildman–Crippen MR) is 69.4 cm³/mol. The minimum Gasteiger partial charge on any atom is -0.299 e. The van der Waals surface area contributed by atoms with Crippen molar-refractivity contribution in [2.45, 2.75) is 19.1 Å². The number of nitrogens with zero attached hydrogens (tertiary/aromatic N) is 1. The van der Waals surface area contributed by atoms with Crippen molar-refractivity contribution >= 4 is 15.8 Å². The van der Waals surface area contributed by atoms with Gasteiger partial charge < -0.3 is 0 Å². The molecular formula is C13H17NO3S. The molecule has 0 spiro atoms. The molecule has 1 atom stereocenters. The lowest BCUT2D eigenvalue weighted by molar-refractivity contribution is -0.124. The first-order valence-electron chi connectivity index (χ1n) is 6.03. The number of carbonyl (C=O) groups excluding carboxylic acids is 1. The van der Waals surface area contributed by atoms with Crippen molar-refractivity contribution in [2.24, 2.45) is 5.92 Å². The summed E-state index contributed by atoms with van der Waals surface area (Å²) in [4.78, 5) is 11.4. The van der Waals surface area contributed by atoms with E-state index in [9.17, 15) is 13.2 Å². The standard InChI is InChI=1S/C13H17NO3S/c1-11-9-14(8-7-13(11)15)18(16,17)10-12-5-3-2-4-6-12/h2-6,11H,7-10H2,1H3. The fraction of sp³-hybridized carbons (Fsp3) is 0.462. The molecule has 0 aliphatic carbocycles. The highest BCUT2D eigenvalue weighted by molar-refractivity contribution is 7.88. The van der Waals surface area contributed by atoms with Crippen molar-refractivity contribution in [3.8, 4) is 0 Å². The van der Waals surface area contributed by atoms with Crippen molar-refractivity contribution in [3.05, 3.63) is 35.9 Å². The first kappa shape index (κ1) is 13.2. The Kier molecular flexibility index (Phi) is 3.82. The summed E-state index contributed by atoms with van der Waals surface area (Å²) in [5, 5.41) is 0. The van der Waals surface area contributed by atoms with Gasteiger partial charge in [0.2, 0.25) is 10.0 Å². The van der Waals surface area contributed by atoms with Crippen LogP contribution in [0.5, 0.6) is 0 Å². The summed E-state index contributed by atoms with van der Waals surface area (Å²) in [7, 11) is -3.31. The van der Waals surface area contributed by atoms with E-state index in [1.165, 1.54) is 4.31 Å². The lowest BCUT2D eigenvalue weighted by Gasteiger charge is -2.29. The molecule has 1 saturated heterocycles. The van der Waals surface area contributed by atoms with Gasteiger partial charge in [0, 0.05) is 25.4 Å². The topological polar surface area (TPSA) is 54.5 Å². The van der Waals surface area contributed by atoms with Crippen LogP contribution in [0.25, 0.3) is 0 Å². The Bertz CT molecular complexity index is 524. The molecule has 18 heavy (non-hydrogen) atoms. The van der Waals surface area contributed by atoms with Gasteiger partial charge in [-0.1, -0.05) is 37.3 Å². The largest absolute Gasteiger partial charge is 0.299 e. The molecule has 1 aliphatic heterocycles. The van der Waals surface area contributed by atoms with Gasteiger partial charge in [-0.3, -0.25) is 4.79 Å². The highest BCUT2D eigenvalue weighted by Gasteiger charge is 2.31. The first-order chi connectivity index (χ1) is 8.49. The van der Waals surface area contributed by atoms with Crippen LogP contribution in [0, 0.1) is 5.92 Å². The average molecular weight is 267 g/mol. The molecule has 4 nitrogen and oxygen atoms in total. The van der Waals surface area contributed by atoms with Crippen molar-refractivity contribution in [2.75, 3.05) is 13.1 Å². The van der Waals surface area contributed by atoms with Crippen LogP contribution in [0.15, 0.2) is 30.3 Å². The number of rotatable bonds is 3. The SMILES string of the molecule is CC1CN(S(=O)(=O)Cc2ccccc2)CCC1=O. The lowest BCUT2D eigenvalue weighted by atomic mass is 10.0. The fourth-order valence-corrected chi connectivity index (χ4v) is 3.73. The number of benzene rings is 1. The van der Waals surface area contributed by atoms with Crippen LogP contribution < -0.4 is 0 Å². The zero-order chi connectivity index (χ0) is 13.2. The molecule has 0 radical (unpaired) electrons. The summed E-state index contributed by atoms with van der Waals surface area (Å²) >= 11 is 0. The molecule has 1 heterocycles. The maximum atomic E-state index is 12.2. The molecule has 1 aromatic carbocycles. The summed E-state index contributed by atoms with van der Waals surface area (Å²) in [6.07, 6.45) is 0.329. The summed E-state index contributed by atoms with van der Waals surface area (Å²) in [6.45, 7) is 2.42. The van der Waals surface area contributed by atoms with E-state index in [2.05, 4.69) is 0 Å². The number of hydrogen-bond acceptors (Lipinski definition) is 3. The molecule has 2 rings (SSSR count). The summed E-state index contributed by atoms with van der Waals surface area (Å²) in [5.74, 6) is -0.0279. The van der Waals surface area contributed by atoms with E-state index < -0.39 is 10.0 Å². The van der Waals surface area contributed by atoms with Gasteiger partial charge >= 0.3 is 0 Å². The number of sulfonamides is 1. The van der Waals surface area contributed by atoms with E-state index >= 15 is 0 Å². The third kappa shape index (κ3) is 2.97. The summed E-state index contributed by atoms with van der Waals surface area (Å²) < 4.78 is 25.9. The Morgan fingerprint density at radius 2 is 1.94 bits per heavy atom. The summed E-state index contributed by atoms with van der Waals surface area (Å²) in [6, 6.07) is 9.12. The molecule has 1 aliphatic rings. The van der Waals surface area contributed by atoms with Gasteiger partial charge in [0.1, 0.15) is 5.78 Å². The van der Waals surface area contributed by atoms with E-state index in [1.807, 2.05) is 18.2 Å². The number of piperidine rings is 1. The number of ketones is 1. The van der Waals surface area contributed by atoms with E-state index in [-0.39, 0.29) is 17.5 Å². The highest BCUT2D eigenvalue weighted by atomic mass is 32.2. The second-order valence-electron chi connectivity index (χ2n) is 4.72. The third-order valence-corrected chi connectivity index (χ3v) is 5.04. The van der Waals surface area contributed by atoms with Crippen molar-refractivity contribution in [1.29, 1.82) is 0 Å². The monoisotopic (exact) mass is 267 g/mol. The van der Waals surface area contributed by atoms with Gasteiger partial charge in [-0.15, -0.1) is 0 Å². The molecule has 0 bridgehead atoms. The molecule has 1 aromatic rings. The Morgan fingerprint density at radius 3 is 2.56 bits per heavy atom. The number of Topliss-reactive ketones (excluding diaryl/α,β-unsaturated/α-hetero) is 1. The lowest BCUT2D eigenvalue weighted by Crippen LogP contribution is -2.43. The highest BCUT2D eigenvalue weighted by Crippen LogP contribution is 2.18. The minimum atomic E-state index is -3.31. The molecule has 0 amide bonds. The second kappa shape index (κ2) is 5.20. The predicted octanol–water partition coefficient (Wildman–Crippen LogP) is 1.43. The fourth-order valence-electron chi connectivity index (χ4n) is 2.11. The van der Waals surface area contributed by atoms with E-state index in [0.29, 0.717) is 19.5 Å². The van der Waals surface area contributed by atoms with E-state index in [4.69, 9.17) is 0 Å². The van der Waals surface area contributed by atoms with Crippen LogP contribution in [0.1, 0.15) is 18.9 Å². The van der Waals surface area contributed by atoms with Crippen LogP contribution in [0.3, 0.4) is 0 Å². The van der Waals surface area contributed by atoms with Gasteiger partial charge in [-0.2, -0.15) is 0 Å². The van der Waals surface area contributed by atoms with Crippen molar-refractivity contribution < 1.29 is 13.2 Å². The summed E-state index contributed by atoms with van der Waals surface area (Å²) in [5.41, 5.74) is 0.780. The molecule has 1 fully saturated rings. The molecule has 5 heteroatoms. The Labute approximate surface area is 108 Å². The van der Waals surface area contributed by atoms with Crippen LogP contribution in [0.4, 0.5) is 0 Å². The van der Waals surface area contributed by atoms with Gasteiger partial charge in [-0.25, -0.2) is 12.7 Å². The molecular weight excluding hydrogens is 250 g/mol. The van der Waals surface area contributed by atoms with Gasteiger partial charge in [0.05, 0.1) is 5.75 Å². The molecule has 98 valence electrons. The molecule has 0 saturated carbocycles. The Hall–Kier alpha value is -1.20. The number of carbonyl (C=O) groups is 1. The quantitative estimate of drug-likeness (QED) is 0.832. The zero-order valence-corrected chi connectivity index (χ0v) is 11.2. The van der Waals surface area contributed by atoms with Crippen LogP contribution >= 0.6 is 0 Å².